The molecule has 1 aromatic heterocycles. The van der Waals surface area contributed by atoms with Gasteiger partial charge >= 0.3 is 12.0 Å². The molecular weight excluding hydrogens is 300 g/mol. The van der Waals surface area contributed by atoms with Gasteiger partial charge in [-0.1, -0.05) is 5.10 Å². The smallest absolute Gasteiger partial charge is 0.346 e. The fourth-order valence-electron chi connectivity index (χ4n) is 1.23. The number of aromatic nitrogens is 2. The highest BCUT2D eigenvalue weighted by Crippen LogP contribution is 2.55. The maximum Gasteiger partial charge on any atom is 0.346 e. The first-order valence-electron chi connectivity index (χ1n) is 4.73. The summed E-state index contributed by atoms with van der Waals surface area (Å²) >= 11 is 10.7. The van der Waals surface area contributed by atoms with Crippen LogP contribution in [0.5, 0.6) is 5.75 Å². The lowest BCUT2D eigenvalue weighted by molar-refractivity contribution is 0.415. The predicted molar refractivity (Wildman–Crippen MR) is 69.2 cm³/mol. The molecule has 0 fully saturated rings. The molecule has 0 aliphatic heterocycles. The molecule has 1 N–H and O–H groups in total. The van der Waals surface area contributed by atoms with Gasteiger partial charge in [-0.2, -0.15) is 0 Å². The summed E-state index contributed by atoms with van der Waals surface area (Å²) in [4.78, 5) is 0. The van der Waals surface area contributed by atoms with Gasteiger partial charge in [0.2, 0.25) is 5.89 Å². The summed E-state index contributed by atoms with van der Waals surface area (Å²) in [6, 6.07) is 6.89. The van der Waals surface area contributed by atoms with Gasteiger partial charge in [0.05, 0.1) is 7.11 Å². The lowest BCUT2D eigenvalue weighted by Crippen LogP contribution is -1.85. The van der Waals surface area contributed by atoms with Crippen LogP contribution < -0.4 is 9.82 Å². The van der Waals surface area contributed by atoms with Crippen molar-refractivity contribution in [1.82, 2.24) is 10.2 Å². The molecule has 0 aliphatic carbocycles. The Balaban J connectivity index is 2.21. The van der Waals surface area contributed by atoms with Gasteiger partial charge < -0.3 is 9.15 Å². The second-order valence-electron chi connectivity index (χ2n) is 3.21. The second-order valence-corrected chi connectivity index (χ2v) is 7.74. The normalized spacial score (nSPS) is 11.3. The van der Waals surface area contributed by atoms with E-state index in [1.165, 1.54) is 0 Å². The number of halogens is 2. The van der Waals surface area contributed by atoms with Crippen molar-refractivity contribution < 1.29 is 13.7 Å². The van der Waals surface area contributed by atoms with Crippen LogP contribution >= 0.6 is 28.5 Å². The van der Waals surface area contributed by atoms with Crippen molar-refractivity contribution in [2.24, 2.45) is 0 Å². The van der Waals surface area contributed by atoms with Crippen molar-refractivity contribution in [3.8, 4) is 17.2 Å². The minimum absolute atomic E-state index is 0.103. The third-order valence-corrected chi connectivity index (χ3v) is 2.95. The van der Waals surface area contributed by atoms with E-state index in [0.29, 0.717) is 11.3 Å². The van der Waals surface area contributed by atoms with Gasteiger partial charge in [0.15, 0.2) is 0 Å². The van der Waals surface area contributed by atoms with E-state index < -0.39 is 6.00 Å². The fraction of sp³-hybridized carbons (Fsp3) is 0.111. The van der Waals surface area contributed by atoms with Gasteiger partial charge in [-0.25, -0.2) is 0 Å². The predicted octanol–water partition coefficient (Wildman–Crippen LogP) is 3.74. The lowest BCUT2D eigenvalue weighted by Gasteiger charge is -2.00. The highest BCUT2D eigenvalue weighted by atomic mass is 35.9. The van der Waals surface area contributed by atoms with E-state index in [1.54, 1.807) is 31.4 Å². The van der Waals surface area contributed by atoms with Gasteiger partial charge in [0.25, 0.3) is 0 Å². The average Bonchev–Trinajstić information content (AvgIpc) is 2.75. The topological polar surface area (TPSA) is 77.3 Å². The molecule has 0 saturated carbocycles. The molecule has 1 heterocycles. The minimum atomic E-state index is -3.50. The SMILES string of the molecule is COc1ccc(-c2nnc(NP(=O)(Cl)Cl)o2)cc1. The lowest BCUT2D eigenvalue weighted by atomic mass is 10.2. The van der Waals surface area contributed by atoms with Crippen LogP contribution in [0.2, 0.25) is 0 Å². The van der Waals surface area contributed by atoms with Crippen LogP contribution in [0.3, 0.4) is 0 Å². The van der Waals surface area contributed by atoms with E-state index in [2.05, 4.69) is 15.3 Å². The Morgan fingerprint density at radius 2 is 1.94 bits per heavy atom. The summed E-state index contributed by atoms with van der Waals surface area (Å²) in [5.41, 5.74) is 0.690. The Hall–Kier alpha value is -1.23. The molecule has 0 unspecified atom stereocenters. The molecule has 6 nitrogen and oxygen atoms in total. The van der Waals surface area contributed by atoms with Gasteiger partial charge in [-0.05, 0) is 46.7 Å². The summed E-state index contributed by atoms with van der Waals surface area (Å²) in [6.45, 7) is 0. The zero-order valence-corrected chi connectivity index (χ0v) is 11.5. The Bertz CT molecular complexity index is 581. The maximum atomic E-state index is 11.1. The number of methoxy groups -OCH3 is 1. The van der Waals surface area contributed by atoms with Gasteiger partial charge in [0.1, 0.15) is 5.75 Å². The number of hydrogen-bond donors (Lipinski definition) is 1. The number of nitrogens with zero attached hydrogens (tertiary/aromatic N) is 2. The van der Waals surface area contributed by atoms with E-state index in [0.717, 1.165) is 0 Å². The number of ether oxygens (including phenoxy) is 1. The molecule has 0 atom stereocenters. The largest absolute Gasteiger partial charge is 0.497 e. The molecule has 0 aliphatic rings. The number of benzene rings is 1. The molecule has 96 valence electrons. The molecule has 2 aromatic rings. The molecule has 9 heteroatoms. The van der Waals surface area contributed by atoms with E-state index in [9.17, 15) is 4.57 Å². The zero-order chi connectivity index (χ0) is 13.2. The Labute approximate surface area is 112 Å². The number of anilines is 1. The van der Waals surface area contributed by atoms with Crippen LogP contribution in [0.15, 0.2) is 28.7 Å². The summed E-state index contributed by atoms with van der Waals surface area (Å²) in [7, 11) is 1.57. The van der Waals surface area contributed by atoms with E-state index in [4.69, 9.17) is 31.6 Å². The van der Waals surface area contributed by atoms with Crippen molar-refractivity contribution in [3.63, 3.8) is 0 Å². The molecule has 0 bridgehead atoms. The van der Waals surface area contributed by atoms with Crippen LogP contribution in [0, 0.1) is 0 Å². The first kappa shape index (κ1) is 13.2. The van der Waals surface area contributed by atoms with Gasteiger partial charge in [-0.3, -0.25) is 9.65 Å². The summed E-state index contributed by atoms with van der Waals surface area (Å²) in [5.74, 6) is -2.54. The Morgan fingerprint density at radius 1 is 1.28 bits per heavy atom. The van der Waals surface area contributed by atoms with Crippen LogP contribution in [-0.2, 0) is 4.57 Å². The average molecular weight is 308 g/mol. The highest BCUT2D eigenvalue weighted by molar-refractivity contribution is 8.09. The van der Waals surface area contributed by atoms with Gasteiger partial charge in [0, 0.05) is 5.56 Å². The highest BCUT2D eigenvalue weighted by Gasteiger charge is 2.18. The molecule has 1 aromatic carbocycles. The minimum Gasteiger partial charge on any atom is -0.497 e. The number of rotatable bonds is 4. The summed E-state index contributed by atoms with van der Waals surface area (Å²) in [6.07, 6.45) is 0. The molecular formula is C9H8Cl2N3O3P. The maximum absolute atomic E-state index is 11.1. The van der Waals surface area contributed by atoms with Crippen molar-refractivity contribution in [1.29, 1.82) is 0 Å². The molecule has 0 saturated heterocycles. The van der Waals surface area contributed by atoms with Crippen molar-refractivity contribution >= 4 is 34.5 Å². The third kappa shape index (κ3) is 3.38. The van der Waals surface area contributed by atoms with Crippen molar-refractivity contribution in [3.05, 3.63) is 24.3 Å². The standard InChI is InChI=1S/C9H8Cl2N3O3P/c1-16-7-4-2-6(3-5-7)8-12-13-9(17-8)14-18(10,11)15/h2-5H,1H3,(H,13,14,15). The van der Waals surface area contributed by atoms with E-state index in [-0.39, 0.29) is 11.9 Å². The van der Waals surface area contributed by atoms with Crippen LogP contribution in [0.25, 0.3) is 11.5 Å². The van der Waals surface area contributed by atoms with Crippen LogP contribution in [0.1, 0.15) is 0 Å². The van der Waals surface area contributed by atoms with Crippen molar-refractivity contribution in [2.45, 2.75) is 0 Å². The molecule has 0 spiro atoms. The van der Waals surface area contributed by atoms with Crippen molar-refractivity contribution in [2.75, 3.05) is 12.2 Å². The van der Waals surface area contributed by atoms with Crippen LogP contribution in [0.4, 0.5) is 6.01 Å². The first-order valence-corrected chi connectivity index (χ1v) is 8.25. The zero-order valence-electron chi connectivity index (χ0n) is 9.13. The van der Waals surface area contributed by atoms with E-state index >= 15 is 0 Å². The molecule has 0 radical (unpaired) electrons. The quantitative estimate of drug-likeness (QED) is 0.867. The molecule has 2 rings (SSSR count). The number of hydrogen-bond acceptors (Lipinski definition) is 5. The number of nitrogens with one attached hydrogen (secondary N) is 1. The fourth-order valence-corrected chi connectivity index (χ4v) is 1.98. The third-order valence-electron chi connectivity index (χ3n) is 1.99. The Morgan fingerprint density at radius 3 is 2.50 bits per heavy atom. The van der Waals surface area contributed by atoms with Gasteiger partial charge in [-0.15, -0.1) is 5.10 Å². The first-order chi connectivity index (χ1) is 8.48. The second kappa shape index (κ2) is 5.18. The Kier molecular flexibility index (Phi) is 3.80. The summed E-state index contributed by atoms with van der Waals surface area (Å²) < 4.78 is 21.3. The van der Waals surface area contributed by atoms with E-state index in [1.807, 2.05) is 0 Å². The van der Waals surface area contributed by atoms with Crippen LogP contribution in [-0.4, -0.2) is 17.3 Å². The monoisotopic (exact) mass is 307 g/mol. The summed E-state index contributed by atoms with van der Waals surface area (Å²) in [5, 5.41) is 9.60. The molecule has 0 amide bonds. The molecule has 18 heavy (non-hydrogen) atoms.